The summed E-state index contributed by atoms with van der Waals surface area (Å²) in [6, 6.07) is 2.04. The number of carbonyl (C=O) groups is 1. The van der Waals surface area contributed by atoms with Gasteiger partial charge in [-0.3, -0.25) is 4.79 Å². The molecular formula is C19H28N2O3S. The van der Waals surface area contributed by atoms with Crippen molar-refractivity contribution in [3.05, 3.63) is 28.3 Å². The summed E-state index contributed by atoms with van der Waals surface area (Å²) in [5.74, 6) is 0.838. The van der Waals surface area contributed by atoms with Crippen LogP contribution in [0.25, 0.3) is 0 Å². The predicted octanol–water partition coefficient (Wildman–Crippen LogP) is 2.41. The monoisotopic (exact) mass is 364 g/mol. The largest absolute Gasteiger partial charge is 0.340 e. The summed E-state index contributed by atoms with van der Waals surface area (Å²) in [7, 11) is -3.54. The van der Waals surface area contributed by atoms with E-state index in [-0.39, 0.29) is 11.8 Å². The molecule has 3 rings (SSSR count). The predicted molar refractivity (Wildman–Crippen MR) is 98.0 cm³/mol. The van der Waals surface area contributed by atoms with Gasteiger partial charge in [-0.1, -0.05) is 13.0 Å². The SMILES string of the molecule is Cc1cc(C)c(C)c(S(=O)(=O)N2CCN(C(=O)C3CC3C)CC2)c1C. The lowest BCUT2D eigenvalue weighted by molar-refractivity contribution is -0.134. The van der Waals surface area contributed by atoms with Gasteiger partial charge in [-0.05, 0) is 62.3 Å². The molecule has 1 saturated carbocycles. The Balaban J connectivity index is 1.80. The zero-order valence-electron chi connectivity index (χ0n) is 15.8. The molecule has 0 N–H and O–H groups in total. The van der Waals surface area contributed by atoms with Gasteiger partial charge in [-0.2, -0.15) is 4.31 Å². The fourth-order valence-corrected chi connectivity index (χ4v) is 5.74. The van der Waals surface area contributed by atoms with E-state index in [2.05, 4.69) is 6.92 Å². The number of sulfonamides is 1. The maximum Gasteiger partial charge on any atom is 0.243 e. The third-order valence-corrected chi connectivity index (χ3v) is 8.05. The van der Waals surface area contributed by atoms with Gasteiger partial charge in [0.1, 0.15) is 0 Å². The van der Waals surface area contributed by atoms with E-state index in [9.17, 15) is 13.2 Å². The van der Waals surface area contributed by atoms with Crippen molar-refractivity contribution in [3.63, 3.8) is 0 Å². The highest BCUT2D eigenvalue weighted by Crippen LogP contribution is 2.39. The van der Waals surface area contributed by atoms with Gasteiger partial charge in [0.2, 0.25) is 15.9 Å². The first-order valence-corrected chi connectivity index (χ1v) is 10.4. The Labute approximate surface area is 151 Å². The average Bonchev–Trinajstić information content (AvgIpc) is 3.29. The van der Waals surface area contributed by atoms with Crippen LogP contribution in [0, 0.1) is 39.5 Å². The molecule has 138 valence electrons. The summed E-state index contributed by atoms with van der Waals surface area (Å²) in [6.45, 7) is 11.5. The molecule has 1 aromatic carbocycles. The Hall–Kier alpha value is -1.40. The summed E-state index contributed by atoms with van der Waals surface area (Å²) in [6.07, 6.45) is 0.971. The van der Waals surface area contributed by atoms with Gasteiger partial charge < -0.3 is 4.90 Å². The number of benzene rings is 1. The average molecular weight is 365 g/mol. The standard InChI is InChI=1S/C19H28N2O3S/c1-12-10-13(2)16(5)18(15(12)4)25(23,24)21-8-6-20(7-9-21)19(22)17-11-14(17)3/h10,14,17H,6-9,11H2,1-5H3. The lowest BCUT2D eigenvalue weighted by Crippen LogP contribution is -2.51. The molecule has 1 amide bonds. The Morgan fingerprint density at radius 3 is 1.92 bits per heavy atom. The fourth-order valence-electron chi connectivity index (χ4n) is 3.75. The van der Waals surface area contributed by atoms with Crippen LogP contribution < -0.4 is 0 Å². The highest BCUT2D eigenvalue weighted by Gasteiger charge is 2.42. The molecule has 5 nitrogen and oxygen atoms in total. The molecule has 1 saturated heterocycles. The number of carbonyl (C=O) groups excluding carboxylic acids is 1. The summed E-state index contributed by atoms with van der Waals surface area (Å²) in [4.78, 5) is 14.6. The van der Waals surface area contributed by atoms with E-state index in [1.807, 2.05) is 38.7 Å². The zero-order valence-corrected chi connectivity index (χ0v) is 16.6. The molecule has 0 aromatic heterocycles. The second-order valence-corrected chi connectivity index (χ2v) is 9.51. The molecule has 2 unspecified atom stereocenters. The first-order chi connectivity index (χ1) is 11.6. The summed E-state index contributed by atoms with van der Waals surface area (Å²) in [5.41, 5.74) is 3.65. The maximum atomic E-state index is 13.2. The van der Waals surface area contributed by atoms with E-state index in [4.69, 9.17) is 0 Å². The third kappa shape index (κ3) is 3.22. The van der Waals surface area contributed by atoms with Crippen molar-refractivity contribution in [2.45, 2.75) is 45.9 Å². The van der Waals surface area contributed by atoms with Gasteiger partial charge >= 0.3 is 0 Å². The van der Waals surface area contributed by atoms with Crippen LogP contribution in [0.5, 0.6) is 0 Å². The van der Waals surface area contributed by atoms with Crippen LogP contribution in [0.15, 0.2) is 11.0 Å². The molecule has 0 radical (unpaired) electrons. The molecule has 2 atom stereocenters. The molecule has 2 fully saturated rings. The third-order valence-electron chi connectivity index (χ3n) is 5.87. The quantitative estimate of drug-likeness (QED) is 0.828. The first kappa shape index (κ1) is 18.4. The molecule has 1 aromatic rings. The first-order valence-electron chi connectivity index (χ1n) is 9.01. The van der Waals surface area contributed by atoms with E-state index in [0.29, 0.717) is 37.0 Å². The van der Waals surface area contributed by atoms with Crippen LogP contribution >= 0.6 is 0 Å². The van der Waals surface area contributed by atoms with Crippen molar-refractivity contribution in [3.8, 4) is 0 Å². The van der Waals surface area contributed by atoms with Crippen molar-refractivity contribution in [2.24, 2.45) is 11.8 Å². The second kappa shape index (κ2) is 6.40. The number of rotatable bonds is 3. The summed E-state index contributed by atoms with van der Waals surface area (Å²) in [5, 5.41) is 0. The molecule has 1 aliphatic carbocycles. The molecule has 0 spiro atoms. The lowest BCUT2D eigenvalue weighted by Gasteiger charge is -2.35. The lowest BCUT2D eigenvalue weighted by atomic mass is 10.0. The number of nitrogens with zero attached hydrogens (tertiary/aromatic N) is 2. The molecule has 25 heavy (non-hydrogen) atoms. The Bertz CT molecular complexity index is 782. The highest BCUT2D eigenvalue weighted by molar-refractivity contribution is 7.89. The molecule has 1 aliphatic heterocycles. The van der Waals surface area contributed by atoms with E-state index >= 15 is 0 Å². The highest BCUT2D eigenvalue weighted by atomic mass is 32.2. The molecule has 0 bridgehead atoms. The Kier molecular flexibility index (Phi) is 4.71. The van der Waals surface area contributed by atoms with Gasteiger partial charge in [0, 0.05) is 32.1 Å². The van der Waals surface area contributed by atoms with Crippen LogP contribution in [0.3, 0.4) is 0 Å². The van der Waals surface area contributed by atoms with Crippen LogP contribution in [0.2, 0.25) is 0 Å². The smallest absolute Gasteiger partial charge is 0.243 e. The van der Waals surface area contributed by atoms with Crippen LogP contribution in [-0.4, -0.2) is 49.7 Å². The number of hydrogen-bond acceptors (Lipinski definition) is 3. The van der Waals surface area contributed by atoms with E-state index in [1.54, 1.807) is 4.31 Å². The van der Waals surface area contributed by atoms with Crippen molar-refractivity contribution in [1.82, 2.24) is 9.21 Å². The van der Waals surface area contributed by atoms with Gasteiger partial charge in [-0.15, -0.1) is 0 Å². The number of hydrogen-bond donors (Lipinski definition) is 0. The van der Waals surface area contributed by atoms with Gasteiger partial charge in [0.15, 0.2) is 0 Å². The number of aryl methyl sites for hydroxylation is 2. The van der Waals surface area contributed by atoms with Gasteiger partial charge in [-0.25, -0.2) is 8.42 Å². The van der Waals surface area contributed by atoms with Crippen molar-refractivity contribution < 1.29 is 13.2 Å². The topological polar surface area (TPSA) is 57.7 Å². The van der Waals surface area contributed by atoms with Crippen LogP contribution in [0.4, 0.5) is 0 Å². The van der Waals surface area contributed by atoms with E-state index < -0.39 is 10.0 Å². The summed E-state index contributed by atoms with van der Waals surface area (Å²) < 4.78 is 28.0. The minimum atomic E-state index is -3.54. The van der Waals surface area contributed by atoms with Gasteiger partial charge in [0.25, 0.3) is 0 Å². The Morgan fingerprint density at radius 1 is 1.00 bits per heavy atom. The van der Waals surface area contributed by atoms with Crippen LogP contribution in [0.1, 0.15) is 35.6 Å². The normalized spacial score (nSPS) is 24.4. The van der Waals surface area contributed by atoms with Crippen molar-refractivity contribution in [1.29, 1.82) is 0 Å². The van der Waals surface area contributed by atoms with E-state index in [0.717, 1.165) is 28.7 Å². The molecule has 2 aliphatic rings. The Morgan fingerprint density at radius 2 is 1.48 bits per heavy atom. The van der Waals surface area contributed by atoms with Crippen molar-refractivity contribution >= 4 is 15.9 Å². The maximum absolute atomic E-state index is 13.2. The second-order valence-electron chi connectivity index (χ2n) is 7.64. The minimum absolute atomic E-state index is 0.159. The van der Waals surface area contributed by atoms with Crippen LogP contribution in [-0.2, 0) is 14.8 Å². The summed E-state index contributed by atoms with van der Waals surface area (Å²) >= 11 is 0. The molecule has 1 heterocycles. The number of amides is 1. The minimum Gasteiger partial charge on any atom is -0.340 e. The van der Waals surface area contributed by atoms with Gasteiger partial charge in [0.05, 0.1) is 4.90 Å². The molecular weight excluding hydrogens is 336 g/mol. The van der Waals surface area contributed by atoms with E-state index in [1.165, 1.54) is 0 Å². The molecule has 6 heteroatoms. The zero-order chi connectivity index (χ0) is 18.5. The number of piperazine rings is 1. The van der Waals surface area contributed by atoms with Crippen molar-refractivity contribution in [2.75, 3.05) is 26.2 Å². The fraction of sp³-hybridized carbons (Fsp3) is 0.632.